The molecule has 2 rings (SSSR count). The Labute approximate surface area is 60.5 Å². The zero-order chi connectivity index (χ0) is 7.03. The molecule has 3 nitrogen and oxygen atoms in total. The van der Waals surface area contributed by atoms with Crippen molar-refractivity contribution in [2.24, 2.45) is 5.73 Å². The molecule has 3 heteroatoms. The van der Waals surface area contributed by atoms with E-state index in [1.54, 1.807) is 0 Å². The van der Waals surface area contributed by atoms with E-state index in [1.165, 1.54) is 0 Å². The van der Waals surface area contributed by atoms with E-state index in [0.717, 1.165) is 19.4 Å². The number of nitrogens with two attached hydrogens (primary N) is 1. The van der Waals surface area contributed by atoms with Gasteiger partial charge in [0.1, 0.15) is 0 Å². The monoisotopic (exact) mass is 143 g/mol. The van der Waals surface area contributed by atoms with Crippen molar-refractivity contribution in [3.05, 3.63) is 0 Å². The van der Waals surface area contributed by atoms with Crippen LogP contribution in [0.25, 0.3) is 0 Å². The minimum absolute atomic E-state index is 0.142. The summed E-state index contributed by atoms with van der Waals surface area (Å²) in [5.74, 6) is 0. The molecule has 2 heterocycles. The first-order valence-electron chi connectivity index (χ1n) is 3.79. The van der Waals surface area contributed by atoms with E-state index < -0.39 is 0 Å². The maximum absolute atomic E-state index is 5.96. The van der Waals surface area contributed by atoms with Crippen LogP contribution in [0.2, 0.25) is 0 Å². The van der Waals surface area contributed by atoms with Gasteiger partial charge in [0.05, 0.1) is 24.9 Å². The van der Waals surface area contributed by atoms with Crippen LogP contribution < -0.4 is 5.73 Å². The third kappa shape index (κ3) is 0.856. The van der Waals surface area contributed by atoms with Crippen LogP contribution in [0.15, 0.2) is 0 Å². The highest BCUT2D eigenvalue weighted by Crippen LogP contribution is 2.27. The molecule has 2 saturated heterocycles. The van der Waals surface area contributed by atoms with Gasteiger partial charge in [0.25, 0.3) is 0 Å². The Hall–Kier alpha value is -0.120. The van der Waals surface area contributed by atoms with Crippen molar-refractivity contribution in [2.45, 2.75) is 24.5 Å². The van der Waals surface area contributed by atoms with Crippen molar-refractivity contribution in [3.8, 4) is 0 Å². The normalized spacial score (nSPS) is 37.5. The predicted octanol–water partition coefficient (Wildman–Crippen LogP) is -0.107. The first-order chi connectivity index (χ1) is 4.81. The SMILES string of the molecule is NC1(C2CCCO2)COC1. The lowest BCUT2D eigenvalue weighted by atomic mass is 9.90. The average molecular weight is 143 g/mol. The third-order valence-corrected chi connectivity index (χ3v) is 2.31. The lowest BCUT2D eigenvalue weighted by molar-refractivity contribution is -0.116. The number of hydrogen-bond acceptors (Lipinski definition) is 3. The number of rotatable bonds is 1. The largest absolute Gasteiger partial charge is 0.377 e. The Kier molecular flexibility index (Phi) is 1.44. The number of ether oxygens (including phenoxy) is 2. The van der Waals surface area contributed by atoms with Crippen LogP contribution in [0.1, 0.15) is 12.8 Å². The van der Waals surface area contributed by atoms with Gasteiger partial charge in [-0.05, 0) is 12.8 Å². The van der Waals surface area contributed by atoms with Crippen molar-refractivity contribution in [3.63, 3.8) is 0 Å². The Morgan fingerprint density at radius 3 is 2.60 bits per heavy atom. The Morgan fingerprint density at radius 1 is 1.40 bits per heavy atom. The maximum Gasteiger partial charge on any atom is 0.0893 e. The van der Waals surface area contributed by atoms with Crippen LogP contribution in [-0.4, -0.2) is 31.5 Å². The molecule has 0 aliphatic carbocycles. The molecular weight excluding hydrogens is 130 g/mol. The highest BCUT2D eigenvalue weighted by molar-refractivity contribution is 4.99. The fraction of sp³-hybridized carbons (Fsp3) is 1.00. The lowest BCUT2D eigenvalue weighted by Crippen LogP contribution is -2.64. The Bertz CT molecular complexity index is 128. The van der Waals surface area contributed by atoms with Crippen molar-refractivity contribution in [1.29, 1.82) is 0 Å². The second-order valence-electron chi connectivity index (χ2n) is 3.23. The molecule has 58 valence electrons. The molecule has 2 aliphatic heterocycles. The summed E-state index contributed by atoms with van der Waals surface area (Å²) in [7, 11) is 0. The molecule has 1 atom stereocenters. The van der Waals surface area contributed by atoms with Gasteiger partial charge in [0.15, 0.2) is 0 Å². The van der Waals surface area contributed by atoms with E-state index in [9.17, 15) is 0 Å². The van der Waals surface area contributed by atoms with Gasteiger partial charge in [-0.1, -0.05) is 0 Å². The van der Waals surface area contributed by atoms with Gasteiger partial charge in [-0.15, -0.1) is 0 Å². The van der Waals surface area contributed by atoms with E-state index in [4.69, 9.17) is 15.2 Å². The molecular formula is C7H13NO2. The highest BCUT2D eigenvalue weighted by Gasteiger charge is 2.44. The molecule has 0 aromatic rings. The fourth-order valence-corrected chi connectivity index (χ4v) is 1.55. The van der Waals surface area contributed by atoms with E-state index >= 15 is 0 Å². The van der Waals surface area contributed by atoms with Gasteiger partial charge < -0.3 is 15.2 Å². The quantitative estimate of drug-likeness (QED) is 0.557. The topological polar surface area (TPSA) is 44.5 Å². The third-order valence-electron chi connectivity index (χ3n) is 2.31. The first kappa shape index (κ1) is 6.58. The fourth-order valence-electron chi connectivity index (χ4n) is 1.55. The first-order valence-corrected chi connectivity index (χ1v) is 3.79. The van der Waals surface area contributed by atoms with Crippen LogP contribution in [0.4, 0.5) is 0 Å². The lowest BCUT2D eigenvalue weighted by Gasteiger charge is -2.41. The van der Waals surface area contributed by atoms with E-state index in [2.05, 4.69) is 0 Å². The van der Waals surface area contributed by atoms with Gasteiger partial charge >= 0.3 is 0 Å². The minimum atomic E-state index is -0.142. The molecule has 1 unspecified atom stereocenters. The van der Waals surface area contributed by atoms with E-state index in [0.29, 0.717) is 13.2 Å². The number of hydrogen-bond donors (Lipinski definition) is 1. The van der Waals surface area contributed by atoms with E-state index in [-0.39, 0.29) is 11.6 Å². The molecule has 0 radical (unpaired) electrons. The standard InChI is InChI=1S/C7H13NO2/c8-7(4-9-5-7)6-2-1-3-10-6/h6H,1-5,8H2. The predicted molar refractivity (Wildman–Crippen MR) is 36.7 cm³/mol. The maximum atomic E-state index is 5.96. The molecule has 0 bridgehead atoms. The van der Waals surface area contributed by atoms with Gasteiger partial charge in [-0.3, -0.25) is 0 Å². The van der Waals surface area contributed by atoms with Crippen molar-refractivity contribution in [2.75, 3.05) is 19.8 Å². The molecule has 0 saturated carbocycles. The molecule has 2 N–H and O–H groups in total. The van der Waals surface area contributed by atoms with Crippen molar-refractivity contribution >= 4 is 0 Å². The highest BCUT2D eigenvalue weighted by atomic mass is 16.5. The molecule has 0 aromatic carbocycles. The summed E-state index contributed by atoms with van der Waals surface area (Å²) in [5.41, 5.74) is 5.82. The summed E-state index contributed by atoms with van der Waals surface area (Å²) in [6, 6.07) is 0. The molecule has 10 heavy (non-hydrogen) atoms. The summed E-state index contributed by atoms with van der Waals surface area (Å²) < 4.78 is 10.5. The summed E-state index contributed by atoms with van der Waals surface area (Å²) in [4.78, 5) is 0. The second-order valence-corrected chi connectivity index (χ2v) is 3.23. The summed E-state index contributed by atoms with van der Waals surface area (Å²) in [5, 5.41) is 0. The summed E-state index contributed by atoms with van der Waals surface area (Å²) in [6.45, 7) is 2.24. The van der Waals surface area contributed by atoms with Gasteiger partial charge in [0, 0.05) is 6.61 Å². The van der Waals surface area contributed by atoms with Gasteiger partial charge in [-0.2, -0.15) is 0 Å². The second kappa shape index (κ2) is 2.19. The molecule has 0 amide bonds. The zero-order valence-corrected chi connectivity index (χ0v) is 6.01. The van der Waals surface area contributed by atoms with Crippen LogP contribution in [-0.2, 0) is 9.47 Å². The Balaban J connectivity index is 1.96. The van der Waals surface area contributed by atoms with Gasteiger partial charge in [0.2, 0.25) is 0 Å². The molecule has 2 fully saturated rings. The average Bonchev–Trinajstić information content (AvgIpc) is 2.33. The van der Waals surface area contributed by atoms with Crippen LogP contribution >= 0.6 is 0 Å². The molecule has 2 aliphatic rings. The summed E-state index contributed by atoms with van der Waals surface area (Å²) in [6.07, 6.45) is 2.53. The summed E-state index contributed by atoms with van der Waals surface area (Å²) >= 11 is 0. The zero-order valence-electron chi connectivity index (χ0n) is 6.01. The Morgan fingerprint density at radius 2 is 2.20 bits per heavy atom. The van der Waals surface area contributed by atoms with Crippen LogP contribution in [0.5, 0.6) is 0 Å². The van der Waals surface area contributed by atoms with Crippen LogP contribution in [0.3, 0.4) is 0 Å². The van der Waals surface area contributed by atoms with E-state index in [1.807, 2.05) is 0 Å². The van der Waals surface area contributed by atoms with Crippen molar-refractivity contribution in [1.82, 2.24) is 0 Å². The van der Waals surface area contributed by atoms with Gasteiger partial charge in [-0.25, -0.2) is 0 Å². The molecule has 0 aromatic heterocycles. The smallest absolute Gasteiger partial charge is 0.0893 e. The minimum Gasteiger partial charge on any atom is -0.377 e. The van der Waals surface area contributed by atoms with Crippen LogP contribution in [0, 0.1) is 0 Å². The van der Waals surface area contributed by atoms with Crippen molar-refractivity contribution < 1.29 is 9.47 Å². The molecule has 0 spiro atoms.